The van der Waals surface area contributed by atoms with E-state index in [0.29, 0.717) is 6.54 Å². The van der Waals surface area contributed by atoms with Gasteiger partial charge in [-0.05, 0) is 24.6 Å². The number of hydrogen-bond acceptors (Lipinski definition) is 3. The van der Waals surface area contributed by atoms with Crippen molar-refractivity contribution in [1.82, 2.24) is 4.90 Å². The Morgan fingerprint density at radius 1 is 1.24 bits per heavy atom. The molecule has 17 heavy (non-hydrogen) atoms. The van der Waals surface area contributed by atoms with Gasteiger partial charge < -0.3 is 15.5 Å². The molecule has 1 amide bonds. The van der Waals surface area contributed by atoms with Crippen LogP contribution in [-0.4, -0.2) is 38.0 Å². The largest absolute Gasteiger partial charge is 0.378 e. The second-order valence-electron chi connectivity index (χ2n) is 4.54. The summed E-state index contributed by atoms with van der Waals surface area (Å²) in [5.41, 5.74) is 7.81. The van der Waals surface area contributed by atoms with Crippen LogP contribution in [0.2, 0.25) is 0 Å². The van der Waals surface area contributed by atoms with Gasteiger partial charge in [0.05, 0.1) is 6.04 Å². The molecular weight excluding hydrogens is 214 g/mol. The van der Waals surface area contributed by atoms with Gasteiger partial charge in [-0.25, -0.2) is 0 Å². The minimum Gasteiger partial charge on any atom is -0.378 e. The van der Waals surface area contributed by atoms with Crippen LogP contribution in [0.25, 0.3) is 0 Å². The number of hydrogen-bond donors (Lipinski definition) is 1. The number of carbonyl (C=O) groups is 1. The fourth-order valence-electron chi connectivity index (χ4n) is 1.60. The van der Waals surface area contributed by atoms with Crippen LogP contribution in [0.4, 0.5) is 5.69 Å². The maximum Gasteiger partial charge on any atom is 0.239 e. The average Bonchev–Trinajstić information content (AvgIpc) is 2.28. The maximum atomic E-state index is 11.6. The summed E-state index contributed by atoms with van der Waals surface area (Å²) in [5.74, 6) is -0.0401. The van der Waals surface area contributed by atoms with E-state index < -0.39 is 6.04 Å². The molecule has 0 radical (unpaired) electrons. The van der Waals surface area contributed by atoms with Crippen LogP contribution in [0.15, 0.2) is 24.3 Å². The fraction of sp³-hybridized carbons (Fsp3) is 0.462. The molecule has 4 nitrogen and oxygen atoms in total. The summed E-state index contributed by atoms with van der Waals surface area (Å²) in [5, 5.41) is 0. The van der Waals surface area contributed by atoms with E-state index in [1.54, 1.807) is 18.9 Å². The van der Waals surface area contributed by atoms with Crippen LogP contribution in [-0.2, 0) is 11.3 Å². The highest BCUT2D eigenvalue weighted by Gasteiger charge is 2.13. The number of anilines is 1. The second-order valence-corrected chi connectivity index (χ2v) is 4.54. The van der Waals surface area contributed by atoms with Gasteiger partial charge in [0, 0.05) is 33.4 Å². The van der Waals surface area contributed by atoms with E-state index in [0.717, 1.165) is 11.3 Å². The normalized spacial score (nSPS) is 12.1. The maximum absolute atomic E-state index is 11.6. The summed E-state index contributed by atoms with van der Waals surface area (Å²) in [6.45, 7) is 2.29. The number of rotatable bonds is 4. The van der Waals surface area contributed by atoms with Gasteiger partial charge in [0.25, 0.3) is 0 Å². The van der Waals surface area contributed by atoms with E-state index in [4.69, 9.17) is 5.73 Å². The molecule has 1 aromatic carbocycles. The number of nitrogens with two attached hydrogens (primary N) is 1. The third-order valence-corrected chi connectivity index (χ3v) is 2.64. The molecule has 0 aliphatic heterocycles. The standard InChI is InChI=1S/C13H21N3O/c1-10(14)13(17)16(4)9-11-5-7-12(8-6-11)15(2)3/h5-8,10H,9,14H2,1-4H3/t10-/m1/s1. The molecule has 4 heteroatoms. The van der Waals surface area contributed by atoms with Gasteiger partial charge in [-0.3, -0.25) is 4.79 Å². The molecule has 0 saturated heterocycles. The van der Waals surface area contributed by atoms with Gasteiger partial charge >= 0.3 is 0 Å². The zero-order chi connectivity index (χ0) is 13.0. The number of amides is 1. The minimum absolute atomic E-state index is 0.0401. The Balaban J connectivity index is 2.66. The third-order valence-electron chi connectivity index (χ3n) is 2.64. The van der Waals surface area contributed by atoms with E-state index in [1.807, 2.05) is 43.3 Å². The average molecular weight is 235 g/mol. The SMILES string of the molecule is C[C@@H](N)C(=O)N(C)Cc1ccc(N(C)C)cc1. The first kappa shape index (κ1) is 13.5. The summed E-state index contributed by atoms with van der Waals surface area (Å²) in [6.07, 6.45) is 0. The molecule has 0 aromatic heterocycles. The molecule has 0 unspecified atom stereocenters. The zero-order valence-corrected chi connectivity index (χ0v) is 11.0. The topological polar surface area (TPSA) is 49.6 Å². The Bertz CT molecular complexity index is 371. The van der Waals surface area contributed by atoms with Crippen molar-refractivity contribution in [3.8, 4) is 0 Å². The lowest BCUT2D eigenvalue weighted by Crippen LogP contribution is -2.39. The molecule has 0 fully saturated rings. The van der Waals surface area contributed by atoms with Crippen molar-refractivity contribution in [2.45, 2.75) is 19.5 Å². The Hall–Kier alpha value is -1.55. The lowest BCUT2D eigenvalue weighted by Gasteiger charge is -2.20. The number of benzene rings is 1. The first-order valence-electron chi connectivity index (χ1n) is 5.68. The third kappa shape index (κ3) is 3.75. The quantitative estimate of drug-likeness (QED) is 0.849. The fourth-order valence-corrected chi connectivity index (χ4v) is 1.60. The van der Waals surface area contributed by atoms with Gasteiger partial charge in [0.2, 0.25) is 5.91 Å². The first-order chi connectivity index (χ1) is 7.91. The van der Waals surface area contributed by atoms with Gasteiger partial charge in [-0.1, -0.05) is 12.1 Å². The van der Waals surface area contributed by atoms with Crippen LogP contribution in [0.1, 0.15) is 12.5 Å². The number of likely N-dealkylation sites (N-methyl/N-ethyl adjacent to an activating group) is 1. The molecule has 0 heterocycles. The van der Waals surface area contributed by atoms with Crippen LogP contribution >= 0.6 is 0 Å². The second kappa shape index (κ2) is 5.68. The van der Waals surface area contributed by atoms with E-state index in [9.17, 15) is 4.79 Å². The van der Waals surface area contributed by atoms with Crippen LogP contribution in [0.5, 0.6) is 0 Å². The van der Waals surface area contributed by atoms with E-state index in [2.05, 4.69) is 0 Å². The molecule has 0 spiro atoms. The Labute approximate surface area is 103 Å². The molecule has 0 aliphatic carbocycles. The molecular formula is C13H21N3O. The molecule has 94 valence electrons. The zero-order valence-electron chi connectivity index (χ0n) is 11.0. The first-order valence-corrected chi connectivity index (χ1v) is 5.68. The van der Waals surface area contributed by atoms with Crippen LogP contribution in [0.3, 0.4) is 0 Å². The highest BCUT2D eigenvalue weighted by Crippen LogP contribution is 2.13. The predicted octanol–water partition coefficient (Wildman–Crippen LogP) is 1.06. The molecule has 0 saturated carbocycles. The minimum atomic E-state index is -0.443. The lowest BCUT2D eigenvalue weighted by atomic mass is 10.2. The van der Waals surface area contributed by atoms with Crippen molar-refractivity contribution in [2.24, 2.45) is 5.73 Å². The van der Waals surface area contributed by atoms with Gasteiger partial charge in [0.15, 0.2) is 0 Å². The number of carbonyl (C=O) groups excluding carboxylic acids is 1. The molecule has 1 rings (SSSR count). The smallest absolute Gasteiger partial charge is 0.239 e. The van der Waals surface area contributed by atoms with Crippen molar-refractivity contribution in [1.29, 1.82) is 0 Å². The van der Waals surface area contributed by atoms with Crippen molar-refractivity contribution in [3.63, 3.8) is 0 Å². The van der Waals surface area contributed by atoms with Gasteiger partial charge in [-0.15, -0.1) is 0 Å². The Morgan fingerprint density at radius 2 is 1.76 bits per heavy atom. The molecule has 1 atom stereocenters. The van der Waals surface area contributed by atoms with Crippen molar-refractivity contribution in [3.05, 3.63) is 29.8 Å². The molecule has 0 bridgehead atoms. The van der Waals surface area contributed by atoms with Crippen LogP contribution in [0, 0.1) is 0 Å². The van der Waals surface area contributed by atoms with Crippen molar-refractivity contribution >= 4 is 11.6 Å². The van der Waals surface area contributed by atoms with E-state index in [1.165, 1.54) is 0 Å². The van der Waals surface area contributed by atoms with Crippen molar-refractivity contribution in [2.75, 3.05) is 26.0 Å². The van der Waals surface area contributed by atoms with E-state index >= 15 is 0 Å². The molecule has 1 aromatic rings. The summed E-state index contributed by atoms with van der Waals surface area (Å²) >= 11 is 0. The molecule has 0 aliphatic rings. The van der Waals surface area contributed by atoms with Gasteiger partial charge in [0.1, 0.15) is 0 Å². The Kier molecular flexibility index (Phi) is 4.52. The van der Waals surface area contributed by atoms with Gasteiger partial charge in [-0.2, -0.15) is 0 Å². The monoisotopic (exact) mass is 235 g/mol. The highest BCUT2D eigenvalue weighted by atomic mass is 16.2. The summed E-state index contributed by atoms with van der Waals surface area (Å²) in [7, 11) is 5.77. The molecule has 2 N–H and O–H groups in total. The summed E-state index contributed by atoms with van der Waals surface area (Å²) in [4.78, 5) is 15.3. The Morgan fingerprint density at radius 3 is 2.18 bits per heavy atom. The van der Waals surface area contributed by atoms with E-state index in [-0.39, 0.29) is 5.91 Å². The summed E-state index contributed by atoms with van der Waals surface area (Å²) in [6, 6.07) is 7.70. The van der Waals surface area contributed by atoms with Crippen molar-refractivity contribution < 1.29 is 4.79 Å². The highest BCUT2D eigenvalue weighted by molar-refractivity contribution is 5.80. The predicted molar refractivity (Wildman–Crippen MR) is 70.9 cm³/mol. The van der Waals surface area contributed by atoms with Crippen LogP contribution < -0.4 is 10.6 Å². The number of nitrogens with zero attached hydrogens (tertiary/aromatic N) is 2. The lowest BCUT2D eigenvalue weighted by molar-refractivity contribution is -0.131. The summed E-state index contributed by atoms with van der Waals surface area (Å²) < 4.78 is 0.